The van der Waals surface area contributed by atoms with Gasteiger partial charge in [0.15, 0.2) is 23.1 Å². The van der Waals surface area contributed by atoms with E-state index in [4.69, 9.17) is 18.7 Å². The maximum atomic E-state index is 15.0. The Morgan fingerprint density at radius 1 is 0.941 bits per heavy atom. The van der Waals surface area contributed by atoms with Crippen LogP contribution in [0.1, 0.15) is 95.0 Å². The third kappa shape index (κ3) is 5.84. The number of ether oxygens (including phenoxy) is 3. The highest BCUT2D eigenvalue weighted by Gasteiger charge is 2.65. The third-order valence-corrected chi connectivity index (χ3v) is 10.8. The molecule has 3 aliphatic carbocycles. The zero-order valence-electron chi connectivity index (χ0n) is 29.8. The Labute approximate surface area is 297 Å². The van der Waals surface area contributed by atoms with Crippen molar-refractivity contribution < 1.29 is 38.2 Å². The van der Waals surface area contributed by atoms with Crippen molar-refractivity contribution in [3.8, 4) is 17.4 Å². The summed E-state index contributed by atoms with van der Waals surface area (Å²) in [6, 6.07) is 20.3. The molecule has 1 saturated carbocycles. The van der Waals surface area contributed by atoms with Gasteiger partial charge >= 0.3 is 0 Å². The molecular weight excluding hydrogens is 648 g/mol. The fourth-order valence-electron chi connectivity index (χ4n) is 8.37. The lowest BCUT2D eigenvalue weighted by Crippen LogP contribution is -2.60. The number of ketones is 3. The number of fused-ring (bicyclic) bond motifs is 4. The van der Waals surface area contributed by atoms with Crippen molar-refractivity contribution in [1.29, 1.82) is 0 Å². The number of hydrogen-bond donors (Lipinski definition) is 1. The Morgan fingerprint density at radius 3 is 2.16 bits per heavy atom. The van der Waals surface area contributed by atoms with Crippen molar-refractivity contribution >= 4 is 17.3 Å². The average Bonchev–Trinajstić information content (AvgIpc) is 3.52. The maximum Gasteiger partial charge on any atom is 0.265 e. The highest BCUT2D eigenvalue weighted by atomic mass is 16.5. The van der Waals surface area contributed by atoms with Crippen LogP contribution in [0.4, 0.5) is 0 Å². The summed E-state index contributed by atoms with van der Waals surface area (Å²) in [5.41, 5.74) is 1.79. The number of rotatable bonds is 10. The number of nitrogens with zero attached hydrogens (tertiary/aromatic N) is 2. The molecule has 10 heteroatoms. The Balaban J connectivity index is 1.31. The van der Waals surface area contributed by atoms with Crippen molar-refractivity contribution in [1.82, 2.24) is 10.1 Å². The number of carbonyl (C=O) groups excluding carboxylic acids is 3. The molecule has 1 aromatic heterocycles. The Morgan fingerprint density at radius 2 is 1.57 bits per heavy atom. The second-order valence-electron chi connectivity index (χ2n) is 14.7. The Bertz CT molecular complexity index is 1970. The molecule has 10 nitrogen and oxygen atoms in total. The summed E-state index contributed by atoms with van der Waals surface area (Å²) in [7, 11) is 3.77. The van der Waals surface area contributed by atoms with Crippen LogP contribution in [0.25, 0.3) is 0 Å². The molecule has 0 radical (unpaired) electrons. The molecule has 0 bridgehead atoms. The number of aliphatic hydroxyl groups is 1. The number of hydrogen-bond acceptors (Lipinski definition) is 10. The summed E-state index contributed by atoms with van der Waals surface area (Å²) in [6.07, 6.45) is -0.432. The molecule has 7 rings (SSSR count). The first-order valence-electron chi connectivity index (χ1n) is 17.6. The summed E-state index contributed by atoms with van der Waals surface area (Å²) in [5.74, 6) is -2.15. The summed E-state index contributed by atoms with van der Waals surface area (Å²) < 4.78 is 24.6. The molecule has 0 spiro atoms. The van der Waals surface area contributed by atoms with Crippen molar-refractivity contribution in [3.05, 3.63) is 106 Å². The van der Waals surface area contributed by atoms with Crippen LogP contribution in [0.15, 0.2) is 71.3 Å². The van der Waals surface area contributed by atoms with Gasteiger partial charge in [-0.3, -0.25) is 19.3 Å². The number of carbonyl (C=O) groups is 3. The van der Waals surface area contributed by atoms with Crippen molar-refractivity contribution in [3.63, 3.8) is 0 Å². The van der Waals surface area contributed by atoms with Gasteiger partial charge in [0.2, 0.25) is 0 Å². The van der Waals surface area contributed by atoms with Gasteiger partial charge < -0.3 is 23.8 Å². The van der Waals surface area contributed by atoms with Crippen LogP contribution >= 0.6 is 0 Å². The van der Waals surface area contributed by atoms with E-state index in [1.807, 2.05) is 93.5 Å². The smallest absolute Gasteiger partial charge is 0.265 e. The van der Waals surface area contributed by atoms with Crippen LogP contribution in [0, 0.1) is 23.2 Å². The molecule has 1 fully saturated rings. The summed E-state index contributed by atoms with van der Waals surface area (Å²) in [4.78, 5) is 46.5. The van der Waals surface area contributed by atoms with Crippen LogP contribution in [-0.4, -0.2) is 52.7 Å². The quantitative estimate of drug-likeness (QED) is 0.179. The predicted molar refractivity (Wildman–Crippen MR) is 188 cm³/mol. The van der Waals surface area contributed by atoms with E-state index in [1.54, 1.807) is 19.9 Å². The van der Waals surface area contributed by atoms with Gasteiger partial charge in [-0.1, -0.05) is 60.7 Å². The van der Waals surface area contributed by atoms with E-state index in [-0.39, 0.29) is 42.1 Å². The topological polar surface area (TPSA) is 128 Å². The highest BCUT2D eigenvalue weighted by Crippen LogP contribution is 2.60. The van der Waals surface area contributed by atoms with Crippen molar-refractivity contribution in [2.24, 2.45) is 23.2 Å². The normalized spacial score (nSPS) is 24.5. The number of aliphatic hydroxyl groups excluding tert-OH is 1. The van der Waals surface area contributed by atoms with Gasteiger partial charge in [0.1, 0.15) is 30.3 Å². The number of aromatic nitrogens is 1. The summed E-state index contributed by atoms with van der Waals surface area (Å²) in [5, 5.41) is 15.1. The zero-order valence-corrected chi connectivity index (χ0v) is 29.8. The second-order valence-corrected chi connectivity index (χ2v) is 14.7. The molecule has 6 unspecified atom stereocenters. The molecule has 0 saturated heterocycles. The standard InChI is InChI=1S/C41H44N2O8/c1-22(2)50-36-27(23(3)44)19-30(48-20-24-13-9-7-10-14-24)32-28(36)17-26-18-29-34(43(5)6)37-33(39(47)41(29,4)38(46)31(26)35(32)45)40(42-51-37)49-21-25-15-11-8-12-16-25/h7-16,19,22-23,26,29,31,34,44H,17-18,20-21H2,1-6H3. The minimum absolute atomic E-state index is 0.0401. The van der Waals surface area contributed by atoms with Crippen LogP contribution < -0.4 is 14.2 Å². The molecule has 3 aromatic carbocycles. The van der Waals surface area contributed by atoms with E-state index in [0.29, 0.717) is 35.5 Å². The van der Waals surface area contributed by atoms with Gasteiger partial charge in [-0.15, -0.1) is 0 Å². The van der Waals surface area contributed by atoms with E-state index in [0.717, 1.165) is 11.1 Å². The molecule has 0 aliphatic heterocycles. The molecule has 51 heavy (non-hydrogen) atoms. The van der Waals surface area contributed by atoms with E-state index >= 15 is 4.79 Å². The third-order valence-electron chi connectivity index (χ3n) is 10.8. The van der Waals surface area contributed by atoms with Gasteiger partial charge in [0, 0.05) is 17.0 Å². The van der Waals surface area contributed by atoms with Gasteiger partial charge in [0.25, 0.3) is 5.88 Å². The predicted octanol–water partition coefficient (Wildman–Crippen LogP) is 6.74. The average molecular weight is 693 g/mol. The molecular formula is C41H44N2O8. The van der Waals surface area contributed by atoms with Crippen molar-refractivity contribution in [2.75, 3.05) is 14.1 Å². The second kappa shape index (κ2) is 13.4. The first-order valence-corrected chi connectivity index (χ1v) is 17.6. The molecule has 6 atom stereocenters. The zero-order chi connectivity index (χ0) is 36.2. The first kappa shape index (κ1) is 34.6. The van der Waals surface area contributed by atoms with E-state index < -0.39 is 52.7 Å². The highest BCUT2D eigenvalue weighted by molar-refractivity contribution is 6.24. The SMILES string of the molecule is CC(C)Oc1c(C(C)O)cc(OCc2ccccc2)c2c1CC1CC3C(N(C)C)c4onc(OCc5ccccc5)c4C(=O)C3(C)C(=O)C1C2=O. The molecule has 3 aliphatic rings. The Hall–Kier alpha value is -4.80. The van der Waals surface area contributed by atoms with Crippen LogP contribution in [-0.2, 0) is 24.4 Å². The molecule has 1 heterocycles. The van der Waals surface area contributed by atoms with Gasteiger partial charge in [-0.25, -0.2) is 0 Å². The molecule has 1 N–H and O–H groups in total. The minimum Gasteiger partial charge on any atom is -0.490 e. The van der Waals surface area contributed by atoms with Gasteiger partial charge in [0.05, 0.1) is 35.1 Å². The number of Topliss-reactive ketones (excluding diaryl/α,β-unsaturated/α-hetero) is 3. The molecule has 0 amide bonds. The lowest BCUT2D eigenvalue weighted by Gasteiger charge is -2.52. The fourth-order valence-corrected chi connectivity index (χ4v) is 8.37. The number of benzene rings is 3. The monoisotopic (exact) mass is 692 g/mol. The van der Waals surface area contributed by atoms with Crippen molar-refractivity contribution in [2.45, 2.75) is 72.0 Å². The first-order chi connectivity index (χ1) is 24.4. The van der Waals surface area contributed by atoms with E-state index in [2.05, 4.69) is 5.16 Å². The fraction of sp³-hybridized carbons (Fsp3) is 0.415. The Kier molecular flexibility index (Phi) is 9.10. The largest absolute Gasteiger partial charge is 0.490 e. The lowest BCUT2D eigenvalue weighted by atomic mass is 9.50. The van der Waals surface area contributed by atoms with Crippen LogP contribution in [0.3, 0.4) is 0 Å². The van der Waals surface area contributed by atoms with Gasteiger partial charge in [-0.2, -0.15) is 0 Å². The minimum atomic E-state index is -1.55. The van der Waals surface area contributed by atoms with Crippen LogP contribution in [0.2, 0.25) is 0 Å². The molecule has 266 valence electrons. The van der Waals surface area contributed by atoms with E-state index in [1.165, 1.54) is 0 Å². The molecule has 4 aromatic rings. The summed E-state index contributed by atoms with van der Waals surface area (Å²) in [6.45, 7) is 7.45. The van der Waals surface area contributed by atoms with Gasteiger partial charge in [-0.05, 0) is 82.9 Å². The van der Waals surface area contributed by atoms with E-state index in [9.17, 15) is 14.7 Å². The summed E-state index contributed by atoms with van der Waals surface area (Å²) >= 11 is 0. The maximum absolute atomic E-state index is 15.0. The lowest BCUT2D eigenvalue weighted by molar-refractivity contribution is -0.140. The van der Waals surface area contributed by atoms with Crippen LogP contribution in [0.5, 0.6) is 17.4 Å².